The SMILES string of the molecule is CSc1ccc2[nH]cc(C3=C(c4cn(CC(O)CN5CCOCC5)c5ccc(SC)cc45)C(=O)NC3=O)c2c1. The van der Waals surface area contributed by atoms with E-state index in [2.05, 4.69) is 21.3 Å². The Bertz CT molecular complexity index is 1620. The number of morpholine rings is 1. The fourth-order valence-corrected chi connectivity index (χ4v) is 6.40. The number of hydrogen-bond donors (Lipinski definition) is 3. The van der Waals surface area contributed by atoms with Crippen LogP contribution in [0.3, 0.4) is 0 Å². The minimum Gasteiger partial charge on any atom is -0.390 e. The molecule has 4 heterocycles. The fraction of sp³-hybridized carbons (Fsp3) is 0.310. The van der Waals surface area contributed by atoms with Crippen LogP contribution in [0, 0.1) is 0 Å². The molecular weight excluding hydrogens is 532 g/mol. The molecule has 1 unspecified atom stereocenters. The van der Waals surface area contributed by atoms with Gasteiger partial charge in [0.05, 0.1) is 30.5 Å². The molecule has 0 radical (unpaired) electrons. The molecule has 6 rings (SSSR count). The molecule has 1 fully saturated rings. The van der Waals surface area contributed by atoms with Crippen molar-refractivity contribution in [3.05, 3.63) is 59.9 Å². The van der Waals surface area contributed by atoms with E-state index < -0.39 is 17.9 Å². The third-order valence-electron chi connectivity index (χ3n) is 7.43. The number of β-amino-alcohol motifs (C(OH)–C–C–N with tert-alkyl or cyclic N) is 1. The van der Waals surface area contributed by atoms with E-state index in [0.717, 1.165) is 44.7 Å². The molecule has 0 spiro atoms. The van der Waals surface area contributed by atoms with Gasteiger partial charge in [-0.05, 0) is 48.9 Å². The number of hydrogen-bond acceptors (Lipinski definition) is 7. The van der Waals surface area contributed by atoms with Crippen LogP contribution in [-0.2, 0) is 20.9 Å². The molecule has 0 bridgehead atoms. The van der Waals surface area contributed by atoms with E-state index in [1.165, 1.54) is 0 Å². The van der Waals surface area contributed by atoms with E-state index in [1.807, 2.05) is 53.6 Å². The molecule has 0 aliphatic carbocycles. The molecule has 2 amide bonds. The molecule has 2 aliphatic rings. The number of aromatic amines is 1. The Morgan fingerprint density at radius 3 is 2.31 bits per heavy atom. The summed E-state index contributed by atoms with van der Waals surface area (Å²) in [6.07, 6.45) is 7.14. The van der Waals surface area contributed by atoms with Gasteiger partial charge in [0, 0.05) is 81.3 Å². The molecule has 4 aromatic rings. The summed E-state index contributed by atoms with van der Waals surface area (Å²) in [7, 11) is 0. The van der Waals surface area contributed by atoms with E-state index in [4.69, 9.17) is 4.74 Å². The lowest BCUT2D eigenvalue weighted by molar-refractivity contribution is -0.122. The second kappa shape index (κ2) is 10.9. The van der Waals surface area contributed by atoms with Gasteiger partial charge in [0.15, 0.2) is 0 Å². The van der Waals surface area contributed by atoms with Gasteiger partial charge in [-0.2, -0.15) is 0 Å². The number of carbonyl (C=O) groups is 2. The number of imide groups is 1. The number of amides is 2. The molecule has 2 aromatic carbocycles. The van der Waals surface area contributed by atoms with E-state index in [9.17, 15) is 14.7 Å². The van der Waals surface area contributed by atoms with Gasteiger partial charge >= 0.3 is 0 Å². The van der Waals surface area contributed by atoms with Crippen LogP contribution in [0.2, 0.25) is 0 Å². The molecule has 2 aliphatic heterocycles. The van der Waals surface area contributed by atoms with Gasteiger partial charge in [-0.25, -0.2) is 0 Å². The first-order valence-electron chi connectivity index (χ1n) is 12.9. The summed E-state index contributed by atoms with van der Waals surface area (Å²) in [6.45, 7) is 3.86. The van der Waals surface area contributed by atoms with Gasteiger partial charge in [0.2, 0.25) is 0 Å². The Hall–Kier alpha value is -3.02. The van der Waals surface area contributed by atoms with Gasteiger partial charge in [0.25, 0.3) is 11.8 Å². The third-order valence-corrected chi connectivity index (χ3v) is 8.88. The quantitative estimate of drug-likeness (QED) is 0.222. The van der Waals surface area contributed by atoms with Gasteiger partial charge in [-0.15, -0.1) is 23.5 Å². The minimum absolute atomic E-state index is 0.361. The highest BCUT2D eigenvalue weighted by Crippen LogP contribution is 2.39. The lowest BCUT2D eigenvalue weighted by Crippen LogP contribution is -2.41. The fourth-order valence-electron chi connectivity index (χ4n) is 5.52. The van der Waals surface area contributed by atoms with Crippen LogP contribution in [-0.4, -0.2) is 82.8 Å². The molecule has 10 heteroatoms. The van der Waals surface area contributed by atoms with Crippen LogP contribution in [0.15, 0.2) is 58.6 Å². The van der Waals surface area contributed by atoms with Gasteiger partial charge < -0.3 is 19.4 Å². The lowest BCUT2D eigenvalue weighted by atomic mass is 9.95. The summed E-state index contributed by atoms with van der Waals surface area (Å²) >= 11 is 3.25. The summed E-state index contributed by atoms with van der Waals surface area (Å²) in [5.74, 6) is -0.812. The molecule has 0 saturated carbocycles. The van der Waals surface area contributed by atoms with E-state index in [0.29, 0.717) is 48.6 Å². The zero-order valence-electron chi connectivity index (χ0n) is 21.8. The standard InChI is InChI=1S/C29H30N4O4S2/c1-38-18-3-5-24-20(11-18)22(13-30-24)26-27(29(36)31-28(26)35)23-16-33(25-6-4-19(39-2)12-21(23)25)15-17(34)14-32-7-9-37-10-8-32/h3-6,11-13,16-17,30,34H,7-10,14-15H2,1-2H3,(H,31,35,36). The number of benzene rings is 2. The zero-order valence-corrected chi connectivity index (χ0v) is 23.5. The highest BCUT2D eigenvalue weighted by Gasteiger charge is 2.35. The van der Waals surface area contributed by atoms with Crippen molar-refractivity contribution in [1.82, 2.24) is 19.8 Å². The minimum atomic E-state index is -0.599. The predicted molar refractivity (Wildman–Crippen MR) is 157 cm³/mol. The van der Waals surface area contributed by atoms with Crippen molar-refractivity contribution in [2.75, 3.05) is 45.4 Å². The molecule has 1 saturated heterocycles. The first-order chi connectivity index (χ1) is 19.0. The first kappa shape index (κ1) is 26.2. The monoisotopic (exact) mass is 562 g/mol. The lowest BCUT2D eigenvalue weighted by Gasteiger charge is -2.28. The Morgan fingerprint density at radius 2 is 1.59 bits per heavy atom. The van der Waals surface area contributed by atoms with Crippen LogP contribution < -0.4 is 5.32 Å². The normalized spacial score (nSPS) is 17.5. The van der Waals surface area contributed by atoms with Crippen LogP contribution in [0.4, 0.5) is 0 Å². The topological polar surface area (TPSA) is 99.6 Å². The maximum Gasteiger partial charge on any atom is 0.259 e. The summed E-state index contributed by atoms with van der Waals surface area (Å²) in [5.41, 5.74) is 3.93. The number of carbonyl (C=O) groups excluding carboxylic acids is 2. The van der Waals surface area contributed by atoms with Crippen LogP contribution in [0.1, 0.15) is 11.1 Å². The molecule has 202 valence electrons. The van der Waals surface area contributed by atoms with Crippen molar-refractivity contribution < 1.29 is 19.4 Å². The number of fused-ring (bicyclic) bond motifs is 2. The maximum absolute atomic E-state index is 13.4. The summed E-state index contributed by atoms with van der Waals surface area (Å²) in [4.78, 5) is 34.2. The average Bonchev–Trinajstić information content (AvgIpc) is 3.60. The largest absolute Gasteiger partial charge is 0.390 e. The Labute approximate surface area is 234 Å². The average molecular weight is 563 g/mol. The number of aromatic nitrogens is 2. The summed E-state index contributed by atoms with van der Waals surface area (Å²) < 4.78 is 7.44. The zero-order chi connectivity index (χ0) is 27.1. The number of rotatable bonds is 8. The number of aliphatic hydroxyl groups is 1. The Morgan fingerprint density at radius 1 is 0.923 bits per heavy atom. The molecule has 2 aromatic heterocycles. The van der Waals surface area contributed by atoms with Gasteiger partial charge in [-0.1, -0.05) is 0 Å². The predicted octanol–water partition coefficient (Wildman–Crippen LogP) is 3.83. The second-order valence-corrected chi connectivity index (χ2v) is 11.6. The van der Waals surface area contributed by atoms with Crippen molar-refractivity contribution in [2.24, 2.45) is 0 Å². The van der Waals surface area contributed by atoms with E-state index in [1.54, 1.807) is 29.7 Å². The molecule has 1 atom stereocenters. The van der Waals surface area contributed by atoms with Crippen molar-refractivity contribution in [3.8, 4) is 0 Å². The molecular formula is C29H30N4O4S2. The molecule has 8 nitrogen and oxygen atoms in total. The smallest absolute Gasteiger partial charge is 0.259 e. The van der Waals surface area contributed by atoms with Gasteiger partial charge in [0.1, 0.15) is 0 Å². The Kier molecular flexibility index (Phi) is 7.30. The maximum atomic E-state index is 13.4. The van der Waals surface area contributed by atoms with Crippen LogP contribution in [0.25, 0.3) is 33.0 Å². The van der Waals surface area contributed by atoms with Crippen molar-refractivity contribution in [1.29, 1.82) is 0 Å². The summed E-state index contributed by atoms with van der Waals surface area (Å²) in [6, 6.07) is 12.2. The number of ether oxygens (including phenoxy) is 1. The van der Waals surface area contributed by atoms with Crippen LogP contribution in [0.5, 0.6) is 0 Å². The second-order valence-electron chi connectivity index (χ2n) is 9.79. The first-order valence-corrected chi connectivity index (χ1v) is 15.3. The van der Waals surface area contributed by atoms with E-state index in [-0.39, 0.29) is 0 Å². The highest BCUT2D eigenvalue weighted by atomic mass is 32.2. The Balaban J connectivity index is 1.48. The van der Waals surface area contributed by atoms with Crippen molar-refractivity contribution >= 4 is 68.3 Å². The number of aliphatic hydroxyl groups excluding tert-OH is 1. The van der Waals surface area contributed by atoms with E-state index >= 15 is 0 Å². The number of nitrogens with zero attached hydrogens (tertiary/aromatic N) is 2. The number of nitrogens with one attached hydrogen (secondary N) is 2. The van der Waals surface area contributed by atoms with Crippen molar-refractivity contribution in [3.63, 3.8) is 0 Å². The molecule has 39 heavy (non-hydrogen) atoms. The third kappa shape index (κ3) is 4.92. The van der Waals surface area contributed by atoms with Gasteiger partial charge in [-0.3, -0.25) is 19.8 Å². The number of H-pyrrole nitrogens is 1. The molecule has 3 N–H and O–H groups in total. The number of thioether (sulfide) groups is 2. The van der Waals surface area contributed by atoms with Crippen LogP contribution >= 0.6 is 23.5 Å². The van der Waals surface area contributed by atoms with Crippen molar-refractivity contribution in [2.45, 2.75) is 22.4 Å². The summed E-state index contributed by atoms with van der Waals surface area (Å²) in [5, 5.41) is 15.3. The highest BCUT2D eigenvalue weighted by molar-refractivity contribution is 7.98.